The molecular weight excluding hydrogens is 773 g/mol. The van der Waals surface area contributed by atoms with E-state index in [2.05, 4.69) is 4.98 Å². The largest absolute Gasteiger partial charge is 0.454 e. The van der Waals surface area contributed by atoms with Crippen LogP contribution in [0.5, 0.6) is 23.0 Å². The Bertz CT molecular complexity index is 2550. The Balaban J connectivity index is 1.08. The smallest absolute Gasteiger partial charge is 0.357 e. The summed E-state index contributed by atoms with van der Waals surface area (Å²) < 4.78 is 21.7. The third-order valence-electron chi connectivity index (χ3n) is 7.89. The quantitative estimate of drug-likeness (QED) is 0.0437. The fourth-order valence-corrected chi connectivity index (χ4v) is 5.58. The highest BCUT2D eigenvalue weighted by Crippen LogP contribution is 2.39. The second-order valence-electron chi connectivity index (χ2n) is 11.5. The van der Waals surface area contributed by atoms with Gasteiger partial charge < -0.3 is 18.9 Å². The topological polar surface area (TPSA) is 204 Å². The second kappa shape index (κ2) is 16.8. The van der Waals surface area contributed by atoms with Crippen LogP contribution in [0.25, 0.3) is 10.9 Å². The average molecular weight is 797 g/mol. The van der Waals surface area contributed by atoms with E-state index in [4.69, 9.17) is 42.1 Å². The van der Waals surface area contributed by atoms with Gasteiger partial charge in [0.2, 0.25) is 11.5 Å². The van der Waals surface area contributed by atoms with Crippen LogP contribution < -0.4 is 9.47 Å². The number of nitro benzene ring substituents is 2. The standard InChI is InChI=1S/C39H23Cl2N3O12/c40-28-6-3-9-32(43(49)50)36(28)55-24-15-11-22(12-16-24)34(45)20-53-38(47)27-19-31(42-30-8-2-1-5-26(27)30)39(48)54-21-35(46)23-13-17-25(18-14-23)56-37-29(41)7-4-10-33(37)44(51)52/h1-19H,20-21H2. The van der Waals surface area contributed by atoms with Gasteiger partial charge in [0.25, 0.3) is 0 Å². The van der Waals surface area contributed by atoms with Crippen LogP contribution in [0.2, 0.25) is 10.0 Å². The molecule has 6 rings (SSSR count). The molecule has 0 bridgehead atoms. The number of carbonyl (C=O) groups excluding carboxylic acids is 4. The third-order valence-corrected chi connectivity index (χ3v) is 8.49. The van der Waals surface area contributed by atoms with Gasteiger partial charge in [0.15, 0.2) is 24.8 Å². The number of carbonyl (C=O) groups is 4. The Morgan fingerprint density at radius 2 is 1.05 bits per heavy atom. The van der Waals surface area contributed by atoms with Gasteiger partial charge in [0, 0.05) is 28.6 Å². The maximum atomic E-state index is 13.3. The van der Waals surface area contributed by atoms with E-state index in [1.807, 2.05) is 0 Å². The number of Topliss-reactive ketones (excluding diaryl/α,β-unsaturated/α-hetero) is 2. The number of rotatable bonds is 14. The molecule has 0 N–H and O–H groups in total. The summed E-state index contributed by atoms with van der Waals surface area (Å²) in [6.07, 6.45) is 0. The molecule has 0 radical (unpaired) electrons. The third kappa shape index (κ3) is 8.76. The first-order valence-electron chi connectivity index (χ1n) is 16.1. The monoisotopic (exact) mass is 795 g/mol. The fourth-order valence-electron chi connectivity index (χ4n) is 5.17. The molecule has 17 heteroatoms. The molecule has 0 atom stereocenters. The minimum absolute atomic E-state index is 0.0147. The molecule has 280 valence electrons. The molecule has 0 unspecified atom stereocenters. The van der Waals surface area contributed by atoms with Crippen molar-refractivity contribution in [3.8, 4) is 23.0 Å². The number of esters is 2. The average Bonchev–Trinajstić information content (AvgIpc) is 3.20. The Kier molecular flexibility index (Phi) is 11.6. The molecule has 15 nitrogen and oxygen atoms in total. The van der Waals surface area contributed by atoms with E-state index >= 15 is 0 Å². The number of ketones is 2. The number of aromatic nitrogens is 1. The molecule has 6 aromatic rings. The van der Waals surface area contributed by atoms with Crippen LogP contribution in [0.1, 0.15) is 41.6 Å². The van der Waals surface area contributed by atoms with Crippen LogP contribution in [0.4, 0.5) is 11.4 Å². The van der Waals surface area contributed by atoms with Crippen molar-refractivity contribution >= 4 is 69.0 Å². The van der Waals surface area contributed by atoms with Crippen LogP contribution >= 0.6 is 23.2 Å². The van der Waals surface area contributed by atoms with Gasteiger partial charge in [-0.2, -0.15) is 0 Å². The Morgan fingerprint density at radius 3 is 1.54 bits per heavy atom. The van der Waals surface area contributed by atoms with Crippen molar-refractivity contribution in [2.45, 2.75) is 0 Å². The summed E-state index contributed by atoms with van der Waals surface area (Å²) in [6.45, 7) is -1.38. The van der Waals surface area contributed by atoms with Gasteiger partial charge in [0.05, 0.1) is 31.0 Å². The summed E-state index contributed by atoms with van der Waals surface area (Å²) in [7, 11) is 0. The fraction of sp³-hybridized carbons (Fsp3) is 0.0513. The van der Waals surface area contributed by atoms with Gasteiger partial charge in [-0.25, -0.2) is 14.6 Å². The number of ether oxygens (including phenoxy) is 4. The van der Waals surface area contributed by atoms with Crippen LogP contribution in [0, 0.1) is 20.2 Å². The highest BCUT2D eigenvalue weighted by Gasteiger charge is 2.23. The summed E-state index contributed by atoms with van der Waals surface area (Å²) in [5, 5.41) is 23.1. The molecule has 56 heavy (non-hydrogen) atoms. The highest BCUT2D eigenvalue weighted by atomic mass is 35.5. The molecule has 0 aliphatic rings. The van der Waals surface area contributed by atoms with Crippen molar-refractivity contribution in [3.05, 3.63) is 168 Å². The zero-order chi connectivity index (χ0) is 39.9. The van der Waals surface area contributed by atoms with E-state index in [0.29, 0.717) is 5.39 Å². The summed E-state index contributed by atoms with van der Waals surface area (Å²) in [4.78, 5) is 77.8. The van der Waals surface area contributed by atoms with E-state index in [1.165, 1.54) is 84.9 Å². The van der Waals surface area contributed by atoms with Crippen LogP contribution in [0.3, 0.4) is 0 Å². The predicted octanol–water partition coefficient (Wildman–Crippen LogP) is 9.02. The van der Waals surface area contributed by atoms with Crippen molar-refractivity contribution in [2.24, 2.45) is 0 Å². The molecule has 0 amide bonds. The second-order valence-corrected chi connectivity index (χ2v) is 12.3. The zero-order valence-corrected chi connectivity index (χ0v) is 29.9. The van der Waals surface area contributed by atoms with Gasteiger partial charge in [0.1, 0.15) is 17.2 Å². The first-order chi connectivity index (χ1) is 26.9. The van der Waals surface area contributed by atoms with E-state index in [0.717, 1.165) is 6.07 Å². The first-order valence-corrected chi connectivity index (χ1v) is 16.9. The molecule has 0 saturated carbocycles. The Labute approximate surface area is 325 Å². The van der Waals surface area contributed by atoms with Gasteiger partial charge in [-0.3, -0.25) is 29.8 Å². The van der Waals surface area contributed by atoms with Gasteiger partial charge in [-0.05, 0) is 72.8 Å². The lowest BCUT2D eigenvalue weighted by Gasteiger charge is -2.11. The Morgan fingerprint density at radius 1 is 0.589 bits per heavy atom. The van der Waals surface area contributed by atoms with Crippen molar-refractivity contribution < 1.29 is 48.0 Å². The molecule has 0 spiro atoms. The molecule has 0 saturated heterocycles. The maximum absolute atomic E-state index is 13.3. The molecule has 0 fully saturated rings. The lowest BCUT2D eigenvalue weighted by Crippen LogP contribution is -2.18. The molecule has 5 aromatic carbocycles. The number of fused-ring (bicyclic) bond motifs is 1. The lowest BCUT2D eigenvalue weighted by atomic mass is 10.1. The van der Waals surface area contributed by atoms with Crippen molar-refractivity contribution in [1.82, 2.24) is 4.98 Å². The first kappa shape index (κ1) is 38.5. The number of hydrogen-bond acceptors (Lipinski definition) is 13. The summed E-state index contributed by atoms with van der Waals surface area (Å²) in [6, 6.07) is 26.7. The molecule has 1 aromatic heterocycles. The number of halogens is 2. The van der Waals surface area contributed by atoms with E-state index in [9.17, 15) is 39.4 Å². The molecule has 0 aliphatic carbocycles. The number of para-hydroxylation sites is 3. The van der Waals surface area contributed by atoms with Crippen LogP contribution in [0.15, 0.2) is 115 Å². The van der Waals surface area contributed by atoms with Gasteiger partial charge >= 0.3 is 23.3 Å². The summed E-state index contributed by atoms with van der Waals surface area (Å²) in [5.41, 5.74) is -0.602. The predicted molar refractivity (Wildman–Crippen MR) is 200 cm³/mol. The summed E-state index contributed by atoms with van der Waals surface area (Å²) >= 11 is 12.2. The Hall–Kier alpha value is -7.23. The molecule has 0 aliphatic heterocycles. The maximum Gasteiger partial charge on any atom is 0.357 e. The number of nitro groups is 2. The van der Waals surface area contributed by atoms with Crippen molar-refractivity contribution in [2.75, 3.05) is 13.2 Å². The lowest BCUT2D eigenvalue weighted by molar-refractivity contribution is -0.385. The minimum atomic E-state index is -1.02. The van der Waals surface area contributed by atoms with Gasteiger partial charge in [-0.15, -0.1) is 0 Å². The highest BCUT2D eigenvalue weighted by molar-refractivity contribution is 6.32. The molecular formula is C39H23Cl2N3O12. The SMILES string of the molecule is O=C(COC(=O)c1cc(C(=O)OCC(=O)c2ccc(Oc3c(Cl)cccc3[N+](=O)[O-])cc2)c2ccccc2n1)c1ccc(Oc2c(Cl)cccc2[N+](=O)[O-])cc1. The normalized spacial score (nSPS) is 10.7. The minimum Gasteiger partial charge on any atom is -0.454 e. The number of benzene rings is 5. The van der Waals surface area contributed by atoms with Crippen molar-refractivity contribution in [3.63, 3.8) is 0 Å². The van der Waals surface area contributed by atoms with Crippen molar-refractivity contribution in [1.29, 1.82) is 0 Å². The summed E-state index contributed by atoms with van der Waals surface area (Å²) in [5.74, 6) is -3.19. The van der Waals surface area contributed by atoms with E-state index in [-0.39, 0.29) is 72.3 Å². The number of hydrogen-bond donors (Lipinski definition) is 0. The molecule has 1 heterocycles. The van der Waals surface area contributed by atoms with E-state index < -0.39 is 46.6 Å². The van der Waals surface area contributed by atoms with Crippen LogP contribution in [-0.4, -0.2) is 51.5 Å². The van der Waals surface area contributed by atoms with E-state index in [1.54, 1.807) is 24.3 Å². The van der Waals surface area contributed by atoms with Gasteiger partial charge in [-0.1, -0.05) is 53.5 Å². The number of pyridine rings is 1. The van der Waals surface area contributed by atoms with Crippen LogP contribution in [-0.2, 0) is 9.47 Å². The zero-order valence-electron chi connectivity index (χ0n) is 28.4. The number of nitrogens with zero attached hydrogens (tertiary/aromatic N) is 3.